The van der Waals surface area contributed by atoms with E-state index in [0.29, 0.717) is 46.0 Å². The van der Waals surface area contributed by atoms with Crippen LogP contribution < -0.4 is 19.6 Å². The Bertz CT molecular complexity index is 1060. The van der Waals surface area contributed by atoms with E-state index in [2.05, 4.69) is 22.2 Å². The second kappa shape index (κ2) is 9.49. The Kier molecular flexibility index (Phi) is 6.79. The molecular formula is C20H21ClN4O3S. The molecule has 0 aliphatic heterocycles. The van der Waals surface area contributed by atoms with Crippen molar-refractivity contribution in [3.8, 4) is 28.6 Å². The monoisotopic (exact) mass is 432 g/mol. The summed E-state index contributed by atoms with van der Waals surface area (Å²) in [7, 11) is 3.18. The number of hydrogen-bond donors (Lipinski definition) is 2. The van der Waals surface area contributed by atoms with Crippen LogP contribution >= 0.6 is 23.8 Å². The number of H-pyrrole nitrogens is 1. The van der Waals surface area contributed by atoms with Crippen LogP contribution in [0.15, 0.2) is 49.1 Å². The predicted octanol–water partition coefficient (Wildman–Crippen LogP) is 4.59. The standard InChI is InChI=1S/C20H21ClN4O3S/c1-4-9-28-18-15(21)10-13(11-17(18)27-3)12-22-25-19(23-24-20(25)29)14-7-5-6-8-16(14)26-2/h4-8,10-11,22H,1,9,12H2,2-3H3,(H,24,29). The van der Waals surface area contributed by atoms with Crippen molar-refractivity contribution in [1.29, 1.82) is 0 Å². The molecule has 1 heterocycles. The second-order valence-electron chi connectivity index (χ2n) is 5.93. The number of hydrogen-bond acceptors (Lipinski definition) is 6. The van der Waals surface area contributed by atoms with E-state index in [1.807, 2.05) is 36.4 Å². The summed E-state index contributed by atoms with van der Waals surface area (Å²) >= 11 is 11.8. The van der Waals surface area contributed by atoms with Crippen molar-refractivity contribution < 1.29 is 14.2 Å². The van der Waals surface area contributed by atoms with Crippen LogP contribution in [0.4, 0.5) is 0 Å². The molecule has 3 rings (SSSR count). The molecule has 2 N–H and O–H groups in total. The second-order valence-corrected chi connectivity index (χ2v) is 6.73. The highest BCUT2D eigenvalue weighted by Crippen LogP contribution is 2.36. The summed E-state index contributed by atoms with van der Waals surface area (Å²) in [6, 6.07) is 11.2. The van der Waals surface area contributed by atoms with E-state index in [0.717, 1.165) is 11.1 Å². The average molecular weight is 433 g/mol. The molecule has 2 aromatic carbocycles. The number of benzene rings is 2. The Morgan fingerprint density at radius 3 is 2.72 bits per heavy atom. The lowest BCUT2D eigenvalue weighted by atomic mass is 10.2. The zero-order valence-corrected chi connectivity index (χ0v) is 17.6. The summed E-state index contributed by atoms with van der Waals surface area (Å²) in [5.41, 5.74) is 4.95. The number of rotatable bonds is 9. The molecule has 0 bridgehead atoms. The summed E-state index contributed by atoms with van der Waals surface area (Å²) in [6.07, 6.45) is 1.64. The molecule has 9 heteroatoms. The van der Waals surface area contributed by atoms with Gasteiger partial charge in [-0.2, -0.15) is 5.10 Å². The third-order valence-electron chi connectivity index (χ3n) is 4.10. The van der Waals surface area contributed by atoms with E-state index < -0.39 is 0 Å². The Morgan fingerprint density at radius 1 is 1.24 bits per heavy atom. The van der Waals surface area contributed by atoms with Gasteiger partial charge < -0.3 is 19.6 Å². The van der Waals surface area contributed by atoms with E-state index in [4.69, 9.17) is 38.0 Å². The van der Waals surface area contributed by atoms with Crippen LogP contribution in [0, 0.1) is 4.77 Å². The number of aromatic amines is 1. The predicted molar refractivity (Wildman–Crippen MR) is 116 cm³/mol. The third kappa shape index (κ3) is 4.55. The van der Waals surface area contributed by atoms with E-state index in [-0.39, 0.29) is 0 Å². The summed E-state index contributed by atoms with van der Waals surface area (Å²) in [5, 5.41) is 7.58. The molecule has 0 aliphatic carbocycles. The fourth-order valence-electron chi connectivity index (χ4n) is 2.78. The van der Waals surface area contributed by atoms with Gasteiger partial charge in [-0.05, 0) is 42.0 Å². The third-order valence-corrected chi connectivity index (χ3v) is 4.65. The maximum Gasteiger partial charge on any atom is 0.214 e. The zero-order chi connectivity index (χ0) is 20.8. The van der Waals surface area contributed by atoms with Crippen LogP contribution in [0.3, 0.4) is 0 Å². The average Bonchev–Trinajstić information content (AvgIpc) is 3.11. The van der Waals surface area contributed by atoms with Crippen molar-refractivity contribution in [1.82, 2.24) is 14.9 Å². The van der Waals surface area contributed by atoms with Crippen LogP contribution in [0.2, 0.25) is 5.02 Å². The van der Waals surface area contributed by atoms with Crippen LogP contribution in [0.25, 0.3) is 11.4 Å². The van der Waals surface area contributed by atoms with Crippen LogP contribution in [-0.2, 0) is 6.54 Å². The number of halogens is 1. The molecule has 0 radical (unpaired) electrons. The van der Waals surface area contributed by atoms with Crippen LogP contribution in [0.5, 0.6) is 17.2 Å². The minimum Gasteiger partial charge on any atom is -0.496 e. The van der Waals surface area contributed by atoms with Gasteiger partial charge in [0.05, 0.1) is 31.4 Å². The van der Waals surface area contributed by atoms with E-state index >= 15 is 0 Å². The lowest BCUT2D eigenvalue weighted by molar-refractivity contribution is 0.326. The first-order chi connectivity index (χ1) is 14.1. The molecular weight excluding hydrogens is 412 g/mol. The minimum atomic E-state index is 0.333. The first-order valence-electron chi connectivity index (χ1n) is 8.73. The lowest BCUT2D eigenvalue weighted by Gasteiger charge is -2.15. The Labute approximate surface area is 178 Å². The first kappa shape index (κ1) is 20.8. The van der Waals surface area contributed by atoms with Gasteiger partial charge in [0.15, 0.2) is 17.3 Å². The number of aromatic nitrogens is 3. The lowest BCUT2D eigenvalue weighted by Crippen LogP contribution is -2.16. The number of methoxy groups -OCH3 is 2. The fraction of sp³-hybridized carbons (Fsp3) is 0.200. The van der Waals surface area contributed by atoms with Crippen LogP contribution in [-0.4, -0.2) is 35.7 Å². The van der Waals surface area contributed by atoms with E-state index in [1.54, 1.807) is 25.0 Å². The summed E-state index contributed by atoms with van der Waals surface area (Å²) in [5.74, 6) is 2.32. The van der Waals surface area contributed by atoms with Gasteiger partial charge in [0.2, 0.25) is 4.77 Å². The molecule has 3 aromatic rings. The van der Waals surface area contributed by atoms with Crippen molar-refractivity contribution in [2.75, 3.05) is 26.3 Å². The maximum atomic E-state index is 6.38. The Hall–Kier alpha value is -2.97. The van der Waals surface area contributed by atoms with Crippen molar-refractivity contribution >= 4 is 23.8 Å². The van der Waals surface area contributed by atoms with Gasteiger partial charge in [-0.25, -0.2) is 9.77 Å². The highest BCUT2D eigenvalue weighted by Gasteiger charge is 2.15. The molecule has 0 aliphatic rings. The van der Waals surface area contributed by atoms with Gasteiger partial charge in [0.1, 0.15) is 12.4 Å². The first-order valence-corrected chi connectivity index (χ1v) is 9.52. The number of ether oxygens (including phenoxy) is 3. The van der Waals surface area contributed by atoms with Gasteiger partial charge in [-0.1, -0.05) is 36.4 Å². The summed E-state index contributed by atoms with van der Waals surface area (Å²) < 4.78 is 18.6. The summed E-state index contributed by atoms with van der Waals surface area (Å²) in [4.78, 5) is 0. The van der Waals surface area contributed by atoms with E-state index in [1.165, 1.54) is 0 Å². The quantitative estimate of drug-likeness (QED) is 0.380. The number of para-hydroxylation sites is 1. The SMILES string of the molecule is C=CCOc1c(Cl)cc(CNn2c(-c3ccccc3OC)n[nH]c2=S)cc1OC. The van der Waals surface area contributed by atoms with Gasteiger partial charge >= 0.3 is 0 Å². The molecule has 0 spiro atoms. The molecule has 0 saturated heterocycles. The van der Waals surface area contributed by atoms with Gasteiger partial charge in [0.25, 0.3) is 0 Å². The molecule has 0 fully saturated rings. The zero-order valence-electron chi connectivity index (χ0n) is 16.1. The number of nitrogens with zero attached hydrogens (tertiary/aromatic N) is 2. The molecule has 0 saturated carbocycles. The van der Waals surface area contributed by atoms with Gasteiger partial charge in [0, 0.05) is 0 Å². The highest BCUT2D eigenvalue weighted by atomic mass is 35.5. The largest absolute Gasteiger partial charge is 0.496 e. The minimum absolute atomic E-state index is 0.333. The van der Waals surface area contributed by atoms with Crippen molar-refractivity contribution in [3.05, 3.63) is 64.4 Å². The molecule has 152 valence electrons. The number of nitrogens with one attached hydrogen (secondary N) is 2. The Balaban J connectivity index is 1.88. The smallest absolute Gasteiger partial charge is 0.214 e. The van der Waals surface area contributed by atoms with Gasteiger partial charge in [-0.15, -0.1) is 0 Å². The van der Waals surface area contributed by atoms with Gasteiger partial charge in [-0.3, -0.25) is 0 Å². The van der Waals surface area contributed by atoms with Crippen molar-refractivity contribution in [2.45, 2.75) is 6.54 Å². The molecule has 0 unspecified atom stereocenters. The van der Waals surface area contributed by atoms with Crippen molar-refractivity contribution in [2.24, 2.45) is 0 Å². The molecule has 1 aromatic heterocycles. The van der Waals surface area contributed by atoms with Crippen molar-refractivity contribution in [3.63, 3.8) is 0 Å². The molecule has 29 heavy (non-hydrogen) atoms. The maximum absolute atomic E-state index is 6.38. The topological polar surface area (TPSA) is 73.3 Å². The normalized spacial score (nSPS) is 10.4. The summed E-state index contributed by atoms with van der Waals surface area (Å²) in [6.45, 7) is 4.40. The van der Waals surface area contributed by atoms with Crippen LogP contribution in [0.1, 0.15) is 5.56 Å². The molecule has 0 atom stereocenters. The fourth-order valence-corrected chi connectivity index (χ4v) is 3.27. The Morgan fingerprint density at radius 2 is 2.00 bits per heavy atom. The van der Waals surface area contributed by atoms with E-state index in [9.17, 15) is 0 Å². The highest BCUT2D eigenvalue weighted by molar-refractivity contribution is 7.71. The molecule has 7 nitrogen and oxygen atoms in total. The molecule has 0 amide bonds.